The molecule has 0 aromatic heterocycles. The van der Waals surface area contributed by atoms with E-state index in [-0.39, 0.29) is 35.0 Å². The van der Waals surface area contributed by atoms with Crippen LogP contribution < -0.4 is 20.1 Å². The molecular formula is C21H34IN3O3. The number of nitrogens with one attached hydrogen (secondary N) is 2. The number of ether oxygens (including phenoxy) is 3. The molecule has 28 heavy (non-hydrogen) atoms. The lowest BCUT2D eigenvalue weighted by molar-refractivity contribution is 0.0268. The molecular weight excluding hydrogens is 469 g/mol. The van der Waals surface area contributed by atoms with Crippen molar-refractivity contribution in [3.05, 3.63) is 23.8 Å². The topological polar surface area (TPSA) is 64.1 Å². The lowest BCUT2D eigenvalue weighted by Gasteiger charge is -2.32. The lowest BCUT2D eigenvalue weighted by Crippen LogP contribution is -2.48. The number of nitrogens with zero attached hydrogens (tertiary/aromatic N) is 1. The van der Waals surface area contributed by atoms with Crippen molar-refractivity contribution in [1.82, 2.24) is 10.6 Å². The third-order valence-electron chi connectivity index (χ3n) is 5.77. The fourth-order valence-electron chi connectivity index (χ4n) is 3.83. The molecule has 0 radical (unpaired) electrons. The minimum Gasteiger partial charge on any atom is -0.486 e. The van der Waals surface area contributed by atoms with Gasteiger partial charge in [-0.3, -0.25) is 4.99 Å². The van der Waals surface area contributed by atoms with Crippen LogP contribution in [-0.4, -0.2) is 52.0 Å². The second-order valence-electron chi connectivity index (χ2n) is 8.09. The zero-order chi connectivity index (χ0) is 19.3. The van der Waals surface area contributed by atoms with Gasteiger partial charge in [-0.15, -0.1) is 24.0 Å². The summed E-state index contributed by atoms with van der Waals surface area (Å²) in [5, 5.41) is 6.91. The summed E-state index contributed by atoms with van der Waals surface area (Å²) in [7, 11) is 3.54. The maximum Gasteiger partial charge on any atom is 0.191 e. The Labute approximate surface area is 185 Å². The van der Waals surface area contributed by atoms with Gasteiger partial charge in [-0.25, -0.2) is 0 Å². The van der Waals surface area contributed by atoms with E-state index in [4.69, 9.17) is 14.2 Å². The molecule has 1 heterocycles. The summed E-state index contributed by atoms with van der Waals surface area (Å²) in [5.41, 5.74) is 1.19. The van der Waals surface area contributed by atoms with E-state index in [0.29, 0.717) is 19.8 Å². The maximum atomic E-state index is 5.81. The molecule has 1 aromatic rings. The SMILES string of the molecule is CN=C(NCC(C)(C)OC)NCC1(c2ccc3c(c2)OCCO3)CCCC1.I. The van der Waals surface area contributed by atoms with Crippen LogP contribution in [0.4, 0.5) is 0 Å². The van der Waals surface area contributed by atoms with Gasteiger partial charge < -0.3 is 24.8 Å². The molecule has 2 aliphatic rings. The van der Waals surface area contributed by atoms with Gasteiger partial charge >= 0.3 is 0 Å². The summed E-state index contributed by atoms with van der Waals surface area (Å²) in [5.74, 6) is 2.53. The molecule has 6 nitrogen and oxygen atoms in total. The molecule has 1 aliphatic heterocycles. The van der Waals surface area contributed by atoms with Crippen molar-refractivity contribution in [3.8, 4) is 11.5 Å². The quantitative estimate of drug-likeness (QED) is 0.354. The van der Waals surface area contributed by atoms with Crippen molar-refractivity contribution in [2.45, 2.75) is 50.5 Å². The Morgan fingerprint density at radius 1 is 1.14 bits per heavy atom. The Hall–Kier alpha value is -1.22. The fraction of sp³-hybridized carbons (Fsp3) is 0.667. The first-order valence-corrected chi connectivity index (χ1v) is 9.88. The number of fused-ring (bicyclic) bond motifs is 1. The summed E-state index contributed by atoms with van der Waals surface area (Å²) in [6.45, 7) is 6.90. The van der Waals surface area contributed by atoms with Crippen LogP contribution in [0.15, 0.2) is 23.2 Å². The maximum absolute atomic E-state index is 5.81. The van der Waals surface area contributed by atoms with Crippen LogP contribution in [-0.2, 0) is 10.2 Å². The summed E-state index contributed by atoms with van der Waals surface area (Å²) >= 11 is 0. The second-order valence-corrected chi connectivity index (χ2v) is 8.09. The third-order valence-corrected chi connectivity index (χ3v) is 5.77. The van der Waals surface area contributed by atoms with E-state index < -0.39 is 0 Å². The van der Waals surface area contributed by atoms with Gasteiger partial charge in [0, 0.05) is 32.7 Å². The molecule has 1 aromatic carbocycles. The molecule has 0 spiro atoms. The average Bonchev–Trinajstić information content (AvgIpc) is 3.18. The molecule has 158 valence electrons. The Balaban J connectivity index is 0.00000280. The molecule has 0 unspecified atom stereocenters. The molecule has 0 bridgehead atoms. The number of aliphatic imine (C=N–C) groups is 1. The van der Waals surface area contributed by atoms with Crippen LogP contribution in [0.2, 0.25) is 0 Å². The van der Waals surface area contributed by atoms with E-state index in [1.807, 2.05) is 0 Å². The Morgan fingerprint density at radius 3 is 2.46 bits per heavy atom. The Bertz CT molecular complexity index is 673. The van der Waals surface area contributed by atoms with Crippen LogP contribution in [0.25, 0.3) is 0 Å². The van der Waals surface area contributed by atoms with Gasteiger partial charge in [0.15, 0.2) is 17.5 Å². The molecule has 0 amide bonds. The number of hydrogen-bond donors (Lipinski definition) is 2. The number of benzene rings is 1. The molecule has 0 atom stereocenters. The summed E-state index contributed by atoms with van der Waals surface area (Å²) in [6.07, 6.45) is 4.83. The highest BCUT2D eigenvalue weighted by Gasteiger charge is 2.36. The van der Waals surface area contributed by atoms with Crippen LogP contribution in [0.3, 0.4) is 0 Å². The molecule has 3 rings (SSSR count). The molecule has 1 fully saturated rings. The second kappa shape index (κ2) is 10.0. The van der Waals surface area contributed by atoms with Crippen LogP contribution in [0.5, 0.6) is 11.5 Å². The van der Waals surface area contributed by atoms with Crippen molar-refractivity contribution in [2.24, 2.45) is 4.99 Å². The first kappa shape index (κ1) is 23.1. The van der Waals surface area contributed by atoms with Gasteiger partial charge in [0.05, 0.1) is 5.60 Å². The molecule has 7 heteroatoms. The Kier molecular flexibility index (Phi) is 8.24. The zero-order valence-electron chi connectivity index (χ0n) is 17.5. The molecule has 2 N–H and O–H groups in total. The Morgan fingerprint density at radius 2 is 1.82 bits per heavy atom. The van der Waals surface area contributed by atoms with Crippen LogP contribution in [0, 0.1) is 0 Å². The minimum atomic E-state index is -0.238. The largest absolute Gasteiger partial charge is 0.486 e. The van der Waals surface area contributed by atoms with Crippen molar-refractivity contribution in [2.75, 3.05) is 40.5 Å². The number of rotatable bonds is 6. The van der Waals surface area contributed by atoms with Gasteiger partial charge in [0.25, 0.3) is 0 Å². The average molecular weight is 503 g/mol. The molecule has 1 saturated carbocycles. The fourth-order valence-corrected chi connectivity index (χ4v) is 3.83. The summed E-state index contributed by atoms with van der Waals surface area (Å²) in [6, 6.07) is 6.43. The number of halogens is 1. The van der Waals surface area contributed by atoms with Crippen LogP contribution >= 0.6 is 24.0 Å². The first-order valence-electron chi connectivity index (χ1n) is 9.88. The zero-order valence-corrected chi connectivity index (χ0v) is 19.8. The number of methoxy groups -OCH3 is 1. The summed E-state index contributed by atoms with van der Waals surface area (Å²) < 4.78 is 17.0. The lowest BCUT2D eigenvalue weighted by atomic mass is 9.78. The van der Waals surface area contributed by atoms with Crippen molar-refractivity contribution in [1.29, 1.82) is 0 Å². The number of guanidine groups is 1. The van der Waals surface area contributed by atoms with E-state index in [2.05, 4.69) is 47.7 Å². The van der Waals surface area contributed by atoms with E-state index in [0.717, 1.165) is 24.0 Å². The third kappa shape index (κ3) is 5.43. The normalized spacial score (nSPS) is 18.4. The highest BCUT2D eigenvalue weighted by Crippen LogP contribution is 2.43. The summed E-state index contributed by atoms with van der Waals surface area (Å²) in [4.78, 5) is 4.38. The first-order chi connectivity index (χ1) is 13.0. The molecule has 1 aliphatic carbocycles. The monoisotopic (exact) mass is 503 g/mol. The van der Waals surface area contributed by atoms with E-state index in [1.54, 1.807) is 14.2 Å². The van der Waals surface area contributed by atoms with E-state index >= 15 is 0 Å². The van der Waals surface area contributed by atoms with Crippen molar-refractivity contribution < 1.29 is 14.2 Å². The van der Waals surface area contributed by atoms with Crippen molar-refractivity contribution in [3.63, 3.8) is 0 Å². The van der Waals surface area contributed by atoms with Gasteiger partial charge in [-0.05, 0) is 44.4 Å². The standard InChI is InChI=1S/C21H33N3O3.HI/c1-20(2,25-4)14-23-19(22-3)24-15-21(9-5-6-10-21)16-7-8-17-18(13-16)27-12-11-26-17;/h7-8,13H,5-6,9-12,14-15H2,1-4H3,(H2,22,23,24);1H. The van der Waals surface area contributed by atoms with Gasteiger partial charge in [0.1, 0.15) is 13.2 Å². The minimum absolute atomic E-state index is 0. The van der Waals surface area contributed by atoms with E-state index in [1.165, 1.54) is 31.2 Å². The van der Waals surface area contributed by atoms with Crippen molar-refractivity contribution >= 4 is 29.9 Å². The predicted octanol–water partition coefficient (Wildman–Crippen LogP) is 3.48. The predicted molar refractivity (Wildman–Crippen MR) is 123 cm³/mol. The van der Waals surface area contributed by atoms with Gasteiger partial charge in [-0.2, -0.15) is 0 Å². The smallest absolute Gasteiger partial charge is 0.191 e. The van der Waals surface area contributed by atoms with E-state index in [9.17, 15) is 0 Å². The number of hydrogen-bond acceptors (Lipinski definition) is 4. The van der Waals surface area contributed by atoms with Gasteiger partial charge in [-0.1, -0.05) is 18.9 Å². The van der Waals surface area contributed by atoms with Gasteiger partial charge in [0.2, 0.25) is 0 Å². The highest BCUT2D eigenvalue weighted by atomic mass is 127. The highest BCUT2D eigenvalue weighted by molar-refractivity contribution is 14.0. The van der Waals surface area contributed by atoms with Crippen LogP contribution in [0.1, 0.15) is 45.1 Å². The molecule has 0 saturated heterocycles.